The first-order valence-electron chi connectivity index (χ1n) is 3.14. The van der Waals surface area contributed by atoms with Crippen LogP contribution >= 0.6 is 0 Å². The molecule has 0 bridgehead atoms. The first-order chi connectivity index (χ1) is 4.80. The molecular formula is C6H10N2O3. The normalized spacial score (nSPS) is 44.4. The highest BCUT2D eigenvalue weighted by Gasteiger charge is 2.59. The standard InChI is InChI=1S/C6H10N2O3/c1-5(7)3(9)11-4(10)6(5,2)8/h7-8H2,1-2H3. The number of rotatable bonds is 0. The van der Waals surface area contributed by atoms with E-state index in [1.807, 2.05) is 0 Å². The lowest BCUT2D eigenvalue weighted by molar-refractivity contribution is -0.154. The van der Waals surface area contributed by atoms with E-state index in [0.29, 0.717) is 0 Å². The van der Waals surface area contributed by atoms with Crippen molar-refractivity contribution in [3.8, 4) is 0 Å². The van der Waals surface area contributed by atoms with Gasteiger partial charge < -0.3 is 16.2 Å². The molecule has 11 heavy (non-hydrogen) atoms. The SMILES string of the molecule is CC1(N)C(=O)OC(=O)C1(C)N. The quantitative estimate of drug-likeness (QED) is 0.330. The molecule has 1 aliphatic heterocycles. The van der Waals surface area contributed by atoms with Crippen molar-refractivity contribution in [3.05, 3.63) is 0 Å². The molecule has 1 fully saturated rings. The topological polar surface area (TPSA) is 95.4 Å². The van der Waals surface area contributed by atoms with Crippen LogP contribution in [0.4, 0.5) is 0 Å². The number of carbonyl (C=O) groups is 2. The van der Waals surface area contributed by atoms with Gasteiger partial charge in [-0.2, -0.15) is 0 Å². The van der Waals surface area contributed by atoms with E-state index in [2.05, 4.69) is 4.74 Å². The molecule has 0 radical (unpaired) electrons. The lowest BCUT2D eigenvalue weighted by Gasteiger charge is -2.25. The molecule has 5 nitrogen and oxygen atoms in total. The Morgan fingerprint density at radius 3 is 1.45 bits per heavy atom. The highest BCUT2D eigenvalue weighted by Crippen LogP contribution is 2.26. The maximum atomic E-state index is 10.9. The van der Waals surface area contributed by atoms with Gasteiger partial charge in [0.15, 0.2) is 0 Å². The summed E-state index contributed by atoms with van der Waals surface area (Å²) in [5.41, 5.74) is 8.11. The largest absolute Gasteiger partial charge is 0.390 e. The molecule has 0 amide bonds. The van der Waals surface area contributed by atoms with E-state index >= 15 is 0 Å². The molecule has 0 saturated carbocycles. The third-order valence-corrected chi connectivity index (χ3v) is 2.11. The monoisotopic (exact) mass is 158 g/mol. The van der Waals surface area contributed by atoms with Crippen molar-refractivity contribution < 1.29 is 14.3 Å². The molecule has 5 heteroatoms. The maximum absolute atomic E-state index is 10.9. The lowest BCUT2D eigenvalue weighted by Crippen LogP contribution is -2.64. The molecule has 2 unspecified atom stereocenters. The Bertz CT molecular complexity index is 208. The minimum absolute atomic E-state index is 0.771. The summed E-state index contributed by atoms with van der Waals surface area (Å²) in [6.07, 6.45) is 0. The van der Waals surface area contributed by atoms with Gasteiger partial charge in [-0.25, -0.2) is 9.59 Å². The van der Waals surface area contributed by atoms with Gasteiger partial charge in [0.2, 0.25) is 0 Å². The van der Waals surface area contributed by atoms with Gasteiger partial charge in [0.05, 0.1) is 0 Å². The Morgan fingerprint density at radius 2 is 1.36 bits per heavy atom. The van der Waals surface area contributed by atoms with E-state index in [1.54, 1.807) is 0 Å². The van der Waals surface area contributed by atoms with E-state index in [9.17, 15) is 9.59 Å². The van der Waals surface area contributed by atoms with Crippen LogP contribution in [-0.4, -0.2) is 23.0 Å². The lowest BCUT2D eigenvalue weighted by atomic mass is 9.84. The van der Waals surface area contributed by atoms with E-state index in [1.165, 1.54) is 13.8 Å². The summed E-state index contributed by atoms with van der Waals surface area (Å²) < 4.78 is 4.26. The molecule has 0 spiro atoms. The zero-order valence-corrected chi connectivity index (χ0v) is 6.38. The van der Waals surface area contributed by atoms with Gasteiger partial charge in [-0.1, -0.05) is 0 Å². The predicted molar refractivity (Wildman–Crippen MR) is 36.3 cm³/mol. The Balaban J connectivity index is 3.15. The second-order valence-electron chi connectivity index (χ2n) is 3.08. The number of hydrogen-bond acceptors (Lipinski definition) is 5. The number of nitrogens with two attached hydrogens (primary N) is 2. The zero-order valence-electron chi connectivity index (χ0n) is 6.38. The summed E-state index contributed by atoms with van der Waals surface area (Å²) in [6, 6.07) is 0. The predicted octanol–water partition coefficient (Wildman–Crippen LogP) is -1.50. The van der Waals surface area contributed by atoms with Crippen LogP contribution in [0.5, 0.6) is 0 Å². The molecule has 0 aliphatic carbocycles. The van der Waals surface area contributed by atoms with Crippen LogP contribution in [0.25, 0.3) is 0 Å². The fraction of sp³-hybridized carbons (Fsp3) is 0.667. The smallest absolute Gasteiger partial charge is 0.336 e. The van der Waals surface area contributed by atoms with Crippen molar-refractivity contribution in [2.75, 3.05) is 0 Å². The average Bonchev–Trinajstić information content (AvgIpc) is 1.95. The molecule has 0 aromatic rings. The van der Waals surface area contributed by atoms with Gasteiger partial charge in [0.25, 0.3) is 0 Å². The van der Waals surface area contributed by atoms with Gasteiger partial charge in [0.1, 0.15) is 11.1 Å². The highest BCUT2D eigenvalue weighted by molar-refractivity contribution is 6.06. The highest BCUT2D eigenvalue weighted by atomic mass is 16.6. The van der Waals surface area contributed by atoms with E-state index in [-0.39, 0.29) is 0 Å². The first kappa shape index (κ1) is 8.16. The minimum atomic E-state index is -1.41. The van der Waals surface area contributed by atoms with Crippen LogP contribution in [0.1, 0.15) is 13.8 Å². The second kappa shape index (κ2) is 1.80. The Kier molecular flexibility index (Phi) is 1.34. The third-order valence-electron chi connectivity index (χ3n) is 2.11. The Hall–Kier alpha value is -0.940. The fourth-order valence-corrected chi connectivity index (χ4v) is 0.720. The van der Waals surface area contributed by atoms with Crippen molar-refractivity contribution >= 4 is 11.9 Å². The first-order valence-corrected chi connectivity index (χ1v) is 3.14. The van der Waals surface area contributed by atoms with Gasteiger partial charge in [-0.05, 0) is 13.8 Å². The van der Waals surface area contributed by atoms with Crippen LogP contribution in [0, 0.1) is 0 Å². The maximum Gasteiger partial charge on any atom is 0.336 e. The van der Waals surface area contributed by atoms with Crippen LogP contribution < -0.4 is 11.5 Å². The molecule has 0 aromatic heterocycles. The summed E-state index contributed by atoms with van der Waals surface area (Å²) in [7, 11) is 0. The molecular weight excluding hydrogens is 148 g/mol. The molecule has 1 saturated heterocycles. The number of esters is 2. The van der Waals surface area contributed by atoms with E-state index in [4.69, 9.17) is 11.5 Å². The Labute approximate surface area is 63.7 Å². The minimum Gasteiger partial charge on any atom is -0.390 e. The number of cyclic esters (lactones) is 2. The molecule has 4 N–H and O–H groups in total. The van der Waals surface area contributed by atoms with Crippen molar-refractivity contribution in [1.82, 2.24) is 0 Å². The molecule has 1 aliphatic rings. The van der Waals surface area contributed by atoms with Gasteiger partial charge in [-0.15, -0.1) is 0 Å². The summed E-state index contributed by atoms with van der Waals surface area (Å²) in [4.78, 5) is 21.7. The fourth-order valence-electron chi connectivity index (χ4n) is 0.720. The molecule has 1 heterocycles. The van der Waals surface area contributed by atoms with Crippen LogP contribution in [0.2, 0.25) is 0 Å². The van der Waals surface area contributed by atoms with Crippen LogP contribution in [0.15, 0.2) is 0 Å². The van der Waals surface area contributed by atoms with Gasteiger partial charge in [-0.3, -0.25) is 0 Å². The number of hydrogen-bond donors (Lipinski definition) is 2. The average molecular weight is 158 g/mol. The zero-order chi connectivity index (χ0) is 8.86. The van der Waals surface area contributed by atoms with E-state index in [0.717, 1.165) is 0 Å². The van der Waals surface area contributed by atoms with Crippen LogP contribution in [-0.2, 0) is 14.3 Å². The summed E-state index contributed by atoms with van der Waals surface area (Å²) >= 11 is 0. The summed E-state index contributed by atoms with van der Waals surface area (Å²) in [5.74, 6) is -1.54. The van der Waals surface area contributed by atoms with Crippen LogP contribution in [0.3, 0.4) is 0 Å². The molecule has 62 valence electrons. The number of ether oxygens (including phenoxy) is 1. The summed E-state index contributed by atoms with van der Waals surface area (Å²) in [5, 5.41) is 0. The third kappa shape index (κ3) is 0.780. The Morgan fingerprint density at radius 1 is 1.09 bits per heavy atom. The van der Waals surface area contributed by atoms with Gasteiger partial charge >= 0.3 is 11.9 Å². The second-order valence-corrected chi connectivity index (χ2v) is 3.08. The summed E-state index contributed by atoms with van der Waals surface area (Å²) in [6.45, 7) is 2.75. The van der Waals surface area contributed by atoms with Crippen molar-refractivity contribution in [2.45, 2.75) is 24.9 Å². The van der Waals surface area contributed by atoms with Crippen molar-refractivity contribution in [2.24, 2.45) is 11.5 Å². The van der Waals surface area contributed by atoms with Crippen molar-refractivity contribution in [3.63, 3.8) is 0 Å². The number of carbonyl (C=O) groups excluding carboxylic acids is 2. The molecule has 1 rings (SSSR count). The van der Waals surface area contributed by atoms with Crippen molar-refractivity contribution in [1.29, 1.82) is 0 Å². The van der Waals surface area contributed by atoms with E-state index < -0.39 is 23.0 Å². The van der Waals surface area contributed by atoms with Gasteiger partial charge in [0, 0.05) is 0 Å². The molecule has 0 aromatic carbocycles. The molecule has 2 atom stereocenters.